The number of rotatable bonds is 3. The van der Waals surface area contributed by atoms with Gasteiger partial charge in [0, 0.05) is 38.3 Å². The Labute approximate surface area is 107 Å². The molecule has 1 fully saturated rings. The molecule has 4 heteroatoms. The number of benzene rings is 1. The van der Waals surface area contributed by atoms with Crippen LogP contribution in [-0.2, 0) is 6.54 Å². The Hall–Kier alpha value is -1.44. The van der Waals surface area contributed by atoms with Crippen LogP contribution < -0.4 is 0 Å². The van der Waals surface area contributed by atoms with Crippen LogP contribution in [0.15, 0.2) is 24.3 Å². The molecule has 1 unspecified atom stereocenters. The summed E-state index contributed by atoms with van der Waals surface area (Å²) in [7, 11) is 0. The van der Waals surface area contributed by atoms with E-state index in [-0.39, 0.29) is 11.9 Å². The van der Waals surface area contributed by atoms with Crippen LogP contribution >= 0.6 is 0 Å². The van der Waals surface area contributed by atoms with Gasteiger partial charge in [0.2, 0.25) is 0 Å². The van der Waals surface area contributed by atoms with Gasteiger partial charge in [-0.3, -0.25) is 9.80 Å². The maximum absolute atomic E-state index is 13.5. The second kappa shape index (κ2) is 5.94. The van der Waals surface area contributed by atoms with E-state index in [1.54, 1.807) is 6.07 Å². The first kappa shape index (κ1) is 13.0. The lowest BCUT2D eigenvalue weighted by atomic mass is 10.1. The van der Waals surface area contributed by atoms with Gasteiger partial charge in [0.05, 0.1) is 12.1 Å². The quantitative estimate of drug-likeness (QED) is 0.816. The van der Waals surface area contributed by atoms with Gasteiger partial charge in [0.25, 0.3) is 0 Å². The van der Waals surface area contributed by atoms with E-state index in [1.807, 2.05) is 19.1 Å². The van der Waals surface area contributed by atoms with Crippen molar-refractivity contribution >= 4 is 0 Å². The Morgan fingerprint density at radius 2 is 1.94 bits per heavy atom. The lowest BCUT2D eigenvalue weighted by Gasteiger charge is -2.35. The maximum Gasteiger partial charge on any atom is 0.127 e. The molecule has 3 nitrogen and oxygen atoms in total. The summed E-state index contributed by atoms with van der Waals surface area (Å²) >= 11 is 0. The molecule has 1 saturated heterocycles. The first-order valence-corrected chi connectivity index (χ1v) is 6.30. The molecule has 1 atom stereocenters. The minimum absolute atomic E-state index is 0.0272. The number of nitrogens with zero attached hydrogens (tertiary/aromatic N) is 3. The van der Waals surface area contributed by atoms with E-state index >= 15 is 0 Å². The van der Waals surface area contributed by atoms with Crippen LogP contribution in [0.25, 0.3) is 0 Å². The van der Waals surface area contributed by atoms with Crippen LogP contribution in [0.1, 0.15) is 12.5 Å². The Morgan fingerprint density at radius 1 is 1.28 bits per heavy atom. The van der Waals surface area contributed by atoms with Crippen molar-refractivity contribution in [2.75, 3.05) is 26.2 Å². The molecule has 1 aliphatic heterocycles. The number of piperazine rings is 1. The van der Waals surface area contributed by atoms with E-state index in [9.17, 15) is 4.39 Å². The van der Waals surface area contributed by atoms with E-state index in [0.717, 1.165) is 31.7 Å². The molecule has 96 valence electrons. The van der Waals surface area contributed by atoms with Crippen LogP contribution in [0.4, 0.5) is 4.39 Å². The highest BCUT2D eigenvalue weighted by atomic mass is 19.1. The van der Waals surface area contributed by atoms with E-state index in [2.05, 4.69) is 15.9 Å². The van der Waals surface area contributed by atoms with Crippen LogP contribution in [0, 0.1) is 17.1 Å². The fourth-order valence-electron chi connectivity index (χ4n) is 2.26. The molecule has 0 saturated carbocycles. The number of nitriles is 1. The van der Waals surface area contributed by atoms with Crippen molar-refractivity contribution in [3.05, 3.63) is 35.6 Å². The standard InChI is InChI=1S/C14H18FN3/c1-12(10-16)18-8-6-17(7-9-18)11-13-4-2-3-5-14(13)15/h2-5,12H,6-9,11H2,1H3. The largest absolute Gasteiger partial charge is 0.296 e. The first-order chi connectivity index (χ1) is 8.70. The third-order valence-electron chi connectivity index (χ3n) is 3.49. The van der Waals surface area contributed by atoms with Crippen molar-refractivity contribution in [3.63, 3.8) is 0 Å². The molecule has 1 heterocycles. The molecule has 0 spiro atoms. The molecule has 0 aromatic heterocycles. The summed E-state index contributed by atoms with van der Waals surface area (Å²) in [5, 5.41) is 8.87. The summed E-state index contributed by atoms with van der Waals surface area (Å²) in [6.07, 6.45) is 0. The highest BCUT2D eigenvalue weighted by molar-refractivity contribution is 5.17. The lowest BCUT2D eigenvalue weighted by Crippen LogP contribution is -2.48. The van der Waals surface area contributed by atoms with Crippen LogP contribution in [0.5, 0.6) is 0 Å². The molecule has 2 rings (SSSR count). The highest BCUT2D eigenvalue weighted by Crippen LogP contribution is 2.12. The molecule has 0 radical (unpaired) electrons. The Balaban J connectivity index is 1.88. The van der Waals surface area contributed by atoms with Crippen molar-refractivity contribution in [1.82, 2.24) is 9.80 Å². The molecule has 0 aliphatic carbocycles. The van der Waals surface area contributed by atoms with Crippen molar-refractivity contribution in [2.24, 2.45) is 0 Å². The summed E-state index contributed by atoms with van der Waals surface area (Å²) in [5.74, 6) is -0.134. The smallest absolute Gasteiger partial charge is 0.127 e. The van der Waals surface area contributed by atoms with E-state index in [1.165, 1.54) is 6.07 Å². The number of halogens is 1. The SMILES string of the molecule is CC(C#N)N1CCN(Cc2ccccc2F)CC1. The average molecular weight is 247 g/mol. The van der Waals surface area contributed by atoms with Gasteiger partial charge in [0.1, 0.15) is 5.82 Å². The molecule has 0 bridgehead atoms. The zero-order valence-electron chi connectivity index (χ0n) is 10.6. The van der Waals surface area contributed by atoms with Gasteiger partial charge in [-0.25, -0.2) is 4.39 Å². The molecule has 18 heavy (non-hydrogen) atoms. The molecule has 1 aromatic carbocycles. The predicted molar refractivity (Wildman–Crippen MR) is 68.3 cm³/mol. The Kier molecular flexibility index (Phi) is 4.29. The zero-order valence-corrected chi connectivity index (χ0v) is 10.6. The summed E-state index contributed by atoms with van der Waals surface area (Å²) in [6, 6.07) is 9.15. The fraction of sp³-hybridized carbons (Fsp3) is 0.500. The van der Waals surface area contributed by atoms with Gasteiger partial charge in [0.15, 0.2) is 0 Å². The van der Waals surface area contributed by atoms with Gasteiger partial charge in [-0.1, -0.05) is 18.2 Å². The second-order valence-corrected chi connectivity index (χ2v) is 4.71. The summed E-state index contributed by atoms with van der Waals surface area (Å²) in [5.41, 5.74) is 0.749. The predicted octanol–water partition coefficient (Wildman–Crippen LogP) is 1.86. The van der Waals surface area contributed by atoms with Crippen molar-refractivity contribution < 1.29 is 4.39 Å². The third-order valence-corrected chi connectivity index (χ3v) is 3.49. The van der Waals surface area contributed by atoms with Crippen LogP contribution in [-0.4, -0.2) is 42.0 Å². The van der Waals surface area contributed by atoms with Crippen LogP contribution in [0.2, 0.25) is 0 Å². The normalized spacial score (nSPS) is 19.4. The molecular formula is C14H18FN3. The number of hydrogen-bond donors (Lipinski definition) is 0. The minimum atomic E-state index is -0.134. The van der Waals surface area contributed by atoms with Crippen molar-refractivity contribution in [1.29, 1.82) is 5.26 Å². The van der Waals surface area contributed by atoms with Crippen molar-refractivity contribution in [3.8, 4) is 6.07 Å². The van der Waals surface area contributed by atoms with Crippen LogP contribution in [0.3, 0.4) is 0 Å². The van der Waals surface area contributed by atoms with E-state index < -0.39 is 0 Å². The fourth-order valence-corrected chi connectivity index (χ4v) is 2.26. The highest BCUT2D eigenvalue weighted by Gasteiger charge is 2.21. The Bertz CT molecular complexity index is 433. The summed E-state index contributed by atoms with van der Waals surface area (Å²) in [4.78, 5) is 4.40. The minimum Gasteiger partial charge on any atom is -0.296 e. The molecule has 1 aliphatic rings. The van der Waals surface area contributed by atoms with Crippen molar-refractivity contribution in [2.45, 2.75) is 19.5 Å². The zero-order chi connectivity index (χ0) is 13.0. The Morgan fingerprint density at radius 3 is 2.56 bits per heavy atom. The first-order valence-electron chi connectivity index (χ1n) is 6.30. The topological polar surface area (TPSA) is 30.3 Å². The molecule has 1 aromatic rings. The van der Waals surface area contributed by atoms with Gasteiger partial charge in [-0.05, 0) is 13.0 Å². The monoisotopic (exact) mass is 247 g/mol. The maximum atomic E-state index is 13.5. The second-order valence-electron chi connectivity index (χ2n) is 4.71. The van der Waals surface area contributed by atoms with E-state index in [0.29, 0.717) is 6.54 Å². The summed E-state index contributed by atoms with van der Waals surface area (Å²) < 4.78 is 13.5. The third kappa shape index (κ3) is 3.06. The lowest BCUT2D eigenvalue weighted by molar-refractivity contribution is 0.113. The summed E-state index contributed by atoms with van der Waals surface area (Å²) in [6.45, 7) is 6.11. The molecule has 0 N–H and O–H groups in total. The molecule has 0 amide bonds. The van der Waals surface area contributed by atoms with E-state index in [4.69, 9.17) is 5.26 Å². The average Bonchev–Trinajstić information content (AvgIpc) is 2.41. The molecular weight excluding hydrogens is 229 g/mol. The number of hydrogen-bond acceptors (Lipinski definition) is 3. The van der Waals surface area contributed by atoms with Gasteiger partial charge < -0.3 is 0 Å². The van der Waals surface area contributed by atoms with Gasteiger partial charge >= 0.3 is 0 Å². The van der Waals surface area contributed by atoms with Gasteiger partial charge in [-0.15, -0.1) is 0 Å². The van der Waals surface area contributed by atoms with Gasteiger partial charge in [-0.2, -0.15) is 5.26 Å².